The van der Waals surface area contributed by atoms with Crippen molar-refractivity contribution < 1.29 is 9.47 Å². The van der Waals surface area contributed by atoms with E-state index < -0.39 is 0 Å². The van der Waals surface area contributed by atoms with Crippen LogP contribution in [0.4, 0.5) is 0 Å². The molecule has 2 heteroatoms. The van der Waals surface area contributed by atoms with E-state index in [-0.39, 0.29) is 6.10 Å². The van der Waals surface area contributed by atoms with E-state index in [0.717, 1.165) is 38.6 Å². The molecule has 0 rings (SSSR count). The highest BCUT2D eigenvalue weighted by atomic mass is 16.5. The number of allylic oxidation sites excluding steroid dienone is 2. The summed E-state index contributed by atoms with van der Waals surface area (Å²) >= 11 is 0. The van der Waals surface area contributed by atoms with Crippen LogP contribution in [0.5, 0.6) is 0 Å². The molecule has 174 valence electrons. The van der Waals surface area contributed by atoms with E-state index in [1.165, 1.54) is 89.9 Å². The number of unbranched alkanes of at least 4 members (excludes halogenated alkanes) is 11. The molecule has 0 heterocycles. The van der Waals surface area contributed by atoms with Crippen molar-refractivity contribution in [3.63, 3.8) is 0 Å². The zero-order valence-corrected chi connectivity index (χ0v) is 20.6. The molecule has 0 aliphatic heterocycles. The van der Waals surface area contributed by atoms with Crippen LogP contribution >= 0.6 is 0 Å². The fraction of sp³-hybridized carbons (Fsp3) is 0.926. The number of ether oxygens (including phenoxy) is 2. The summed E-state index contributed by atoms with van der Waals surface area (Å²) in [6.45, 7) is 11.6. The molecule has 2 atom stereocenters. The Bertz CT molecular complexity index is 326. The standard InChI is InChI=1S/C27H54O2/c1-5-8-10-11-12-13-14-15-18-21-26(4)22-19-16-17-20-23-28-25-27(7-3)29-24-9-6-2/h18,21,26-27H,5-17,19-20,22-25H2,1-4H3/b21-18+. The average Bonchev–Trinajstić information content (AvgIpc) is 2.73. The fourth-order valence-electron chi connectivity index (χ4n) is 3.56. The van der Waals surface area contributed by atoms with E-state index in [4.69, 9.17) is 9.47 Å². The summed E-state index contributed by atoms with van der Waals surface area (Å²) in [5.74, 6) is 0.737. The van der Waals surface area contributed by atoms with Gasteiger partial charge in [-0.15, -0.1) is 0 Å². The van der Waals surface area contributed by atoms with E-state index in [9.17, 15) is 0 Å². The molecule has 2 unspecified atom stereocenters. The van der Waals surface area contributed by atoms with Crippen LogP contribution in [-0.2, 0) is 9.47 Å². The first-order valence-electron chi connectivity index (χ1n) is 13.1. The Morgan fingerprint density at radius 1 is 0.690 bits per heavy atom. The van der Waals surface area contributed by atoms with Crippen molar-refractivity contribution in [2.45, 2.75) is 137 Å². The molecule has 0 saturated carbocycles. The predicted octanol–water partition coefficient (Wildman–Crippen LogP) is 8.88. The zero-order chi connectivity index (χ0) is 21.4. The Balaban J connectivity index is 3.38. The van der Waals surface area contributed by atoms with Crippen molar-refractivity contribution in [2.24, 2.45) is 5.92 Å². The normalized spacial score (nSPS) is 13.9. The molecule has 29 heavy (non-hydrogen) atoms. The van der Waals surface area contributed by atoms with Gasteiger partial charge in [-0.1, -0.05) is 104 Å². The molecule has 0 bridgehead atoms. The average molecular weight is 411 g/mol. The minimum absolute atomic E-state index is 0.287. The van der Waals surface area contributed by atoms with Gasteiger partial charge in [0.2, 0.25) is 0 Å². The first kappa shape index (κ1) is 28.7. The van der Waals surface area contributed by atoms with E-state index in [0.29, 0.717) is 0 Å². The van der Waals surface area contributed by atoms with Crippen LogP contribution in [-0.4, -0.2) is 25.9 Å². The van der Waals surface area contributed by atoms with Crippen molar-refractivity contribution in [1.82, 2.24) is 0 Å². The van der Waals surface area contributed by atoms with Gasteiger partial charge in [0.05, 0.1) is 12.7 Å². The van der Waals surface area contributed by atoms with Gasteiger partial charge >= 0.3 is 0 Å². The van der Waals surface area contributed by atoms with Crippen LogP contribution in [0.1, 0.15) is 130 Å². The molecule has 0 fully saturated rings. The highest BCUT2D eigenvalue weighted by Gasteiger charge is 2.06. The van der Waals surface area contributed by atoms with Gasteiger partial charge < -0.3 is 9.47 Å². The summed E-state index contributed by atoms with van der Waals surface area (Å²) in [6.07, 6.45) is 26.2. The molecule has 0 saturated heterocycles. The van der Waals surface area contributed by atoms with E-state index >= 15 is 0 Å². The first-order valence-corrected chi connectivity index (χ1v) is 13.1. The smallest absolute Gasteiger partial charge is 0.0805 e. The molecule has 0 aliphatic rings. The maximum Gasteiger partial charge on any atom is 0.0805 e. The molecular weight excluding hydrogens is 356 g/mol. The Labute approximate surface area is 184 Å². The quantitative estimate of drug-likeness (QED) is 0.124. The number of rotatable bonds is 23. The van der Waals surface area contributed by atoms with Gasteiger partial charge in [-0.3, -0.25) is 0 Å². The Kier molecular flexibility index (Phi) is 23.7. The summed E-state index contributed by atoms with van der Waals surface area (Å²) in [5, 5.41) is 0. The Morgan fingerprint density at radius 2 is 1.34 bits per heavy atom. The molecule has 0 spiro atoms. The highest BCUT2D eigenvalue weighted by Crippen LogP contribution is 2.14. The van der Waals surface area contributed by atoms with Crippen molar-refractivity contribution in [3.05, 3.63) is 12.2 Å². The van der Waals surface area contributed by atoms with Gasteiger partial charge in [0.25, 0.3) is 0 Å². The van der Waals surface area contributed by atoms with E-state index in [2.05, 4.69) is 39.8 Å². The second-order valence-electron chi connectivity index (χ2n) is 8.85. The van der Waals surface area contributed by atoms with Gasteiger partial charge in [0, 0.05) is 13.2 Å². The summed E-state index contributed by atoms with van der Waals surface area (Å²) in [4.78, 5) is 0. The molecule has 0 aromatic rings. The molecule has 0 aliphatic carbocycles. The van der Waals surface area contributed by atoms with E-state index in [1.807, 2.05) is 0 Å². The van der Waals surface area contributed by atoms with Crippen LogP contribution in [0.2, 0.25) is 0 Å². The number of hydrogen-bond donors (Lipinski definition) is 0. The lowest BCUT2D eigenvalue weighted by atomic mass is 10.0. The first-order chi connectivity index (χ1) is 14.2. The molecule has 0 aromatic heterocycles. The third-order valence-electron chi connectivity index (χ3n) is 5.75. The SMILES string of the molecule is CCCCCCCCC/C=C/C(C)CCCCCCOCC(CC)OCCCC. The van der Waals surface area contributed by atoms with Gasteiger partial charge in [-0.05, 0) is 44.4 Å². The highest BCUT2D eigenvalue weighted by molar-refractivity contribution is 4.86. The summed E-state index contributed by atoms with van der Waals surface area (Å²) in [5.41, 5.74) is 0. The molecular formula is C27H54O2. The summed E-state index contributed by atoms with van der Waals surface area (Å²) in [7, 11) is 0. The van der Waals surface area contributed by atoms with Crippen LogP contribution in [0.15, 0.2) is 12.2 Å². The van der Waals surface area contributed by atoms with Crippen LogP contribution in [0, 0.1) is 5.92 Å². The summed E-state index contributed by atoms with van der Waals surface area (Å²) < 4.78 is 11.7. The maximum absolute atomic E-state index is 5.85. The Hall–Kier alpha value is -0.340. The second-order valence-corrected chi connectivity index (χ2v) is 8.85. The van der Waals surface area contributed by atoms with Crippen molar-refractivity contribution in [3.8, 4) is 0 Å². The lowest BCUT2D eigenvalue weighted by molar-refractivity contribution is -0.0197. The van der Waals surface area contributed by atoms with E-state index in [1.54, 1.807) is 0 Å². The van der Waals surface area contributed by atoms with Crippen molar-refractivity contribution in [2.75, 3.05) is 19.8 Å². The van der Waals surface area contributed by atoms with Gasteiger partial charge in [-0.25, -0.2) is 0 Å². The molecule has 2 nitrogen and oxygen atoms in total. The number of hydrogen-bond acceptors (Lipinski definition) is 2. The summed E-state index contributed by atoms with van der Waals surface area (Å²) in [6, 6.07) is 0. The van der Waals surface area contributed by atoms with Gasteiger partial charge in [-0.2, -0.15) is 0 Å². The van der Waals surface area contributed by atoms with Crippen LogP contribution in [0.3, 0.4) is 0 Å². The minimum Gasteiger partial charge on any atom is -0.379 e. The van der Waals surface area contributed by atoms with Crippen molar-refractivity contribution in [1.29, 1.82) is 0 Å². The molecule has 0 radical (unpaired) electrons. The molecule has 0 amide bonds. The van der Waals surface area contributed by atoms with Gasteiger partial charge in [0.15, 0.2) is 0 Å². The zero-order valence-electron chi connectivity index (χ0n) is 20.6. The third kappa shape index (κ3) is 22.2. The molecule has 0 aromatic carbocycles. The fourth-order valence-corrected chi connectivity index (χ4v) is 3.56. The van der Waals surface area contributed by atoms with Gasteiger partial charge in [0.1, 0.15) is 0 Å². The van der Waals surface area contributed by atoms with Crippen LogP contribution in [0.25, 0.3) is 0 Å². The predicted molar refractivity (Wildman–Crippen MR) is 130 cm³/mol. The minimum atomic E-state index is 0.287. The monoisotopic (exact) mass is 410 g/mol. The Morgan fingerprint density at radius 3 is 2.07 bits per heavy atom. The van der Waals surface area contributed by atoms with Crippen LogP contribution < -0.4 is 0 Å². The lowest BCUT2D eigenvalue weighted by Crippen LogP contribution is -2.20. The van der Waals surface area contributed by atoms with Crippen molar-refractivity contribution >= 4 is 0 Å². The largest absolute Gasteiger partial charge is 0.379 e. The maximum atomic E-state index is 5.85. The molecule has 0 N–H and O–H groups in total. The topological polar surface area (TPSA) is 18.5 Å². The second kappa shape index (κ2) is 23.9. The third-order valence-corrected chi connectivity index (χ3v) is 5.75. The lowest BCUT2D eigenvalue weighted by Gasteiger charge is -2.16.